The number of ketones is 1. The van der Waals surface area contributed by atoms with Gasteiger partial charge in [0.2, 0.25) is 11.7 Å². The Morgan fingerprint density at radius 2 is 1.39 bits per heavy atom. The maximum absolute atomic E-state index is 12.9. The minimum atomic E-state index is -1.01. The lowest BCUT2D eigenvalue weighted by molar-refractivity contribution is -0.139. The van der Waals surface area contributed by atoms with Crippen LogP contribution in [0.2, 0.25) is 0 Å². The minimum Gasteiger partial charge on any atom is -0.387 e. The van der Waals surface area contributed by atoms with Crippen LogP contribution in [0.15, 0.2) is 55.0 Å². The molecule has 8 heteroatoms. The molecule has 7 N–H and O–H groups in total. The molecule has 314 valence electrons. The van der Waals surface area contributed by atoms with Gasteiger partial charge in [0.05, 0.1) is 17.9 Å². The number of primary amides is 1. The molecule has 0 bridgehead atoms. The predicted octanol–water partition coefficient (Wildman–Crippen LogP) is 9.93. The van der Waals surface area contributed by atoms with E-state index < -0.39 is 17.7 Å². The number of carbonyl (C=O) groups is 3. The Balaban J connectivity index is -0.00000107. The summed E-state index contributed by atoms with van der Waals surface area (Å²) in [5, 5.41) is 9.45. The highest BCUT2D eigenvalue weighted by atomic mass is 16.2. The van der Waals surface area contributed by atoms with Crippen LogP contribution in [0.1, 0.15) is 155 Å². The zero-order valence-corrected chi connectivity index (χ0v) is 37.9. The highest BCUT2D eigenvalue weighted by molar-refractivity contribution is 6.37. The fraction of sp³-hybridized carbons (Fsp3) is 0.717. The third-order valence-corrected chi connectivity index (χ3v) is 10.5. The van der Waals surface area contributed by atoms with Crippen molar-refractivity contribution in [3.63, 3.8) is 0 Å². The van der Waals surface area contributed by atoms with Crippen LogP contribution in [-0.2, 0) is 20.8 Å². The molecule has 0 aromatic heterocycles. The molecule has 0 saturated heterocycles. The van der Waals surface area contributed by atoms with Crippen LogP contribution in [-0.4, -0.2) is 36.2 Å². The molecule has 0 heterocycles. The van der Waals surface area contributed by atoms with Gasteiger partial charge in [-0.3, -0.25) is 14.4 Å². The second-order valence-corrected chi connectivity index (χ2v) is 16.0. The standard InChI is InChI=1S/C26H47N5O3.C14H22.3C2H6/c1-9-11-15(3)12-21(22(32)24(28)33)31-25(34)16(4)20-13-19(20)14-29-17(5)23(30-18(6)27)26(7,8)10-2;1-12(14(2,3)4)10-11-13-8-6-5-7-9-13;3*1-2/h15-16,19-21,23,29-30H,5-6,9-14,27H2,1-4,7-8H3,(H2,28,33)(H,31,34);5-9,12H,10-11H2,1-4H3;3*1-2H3/t15?,16?,19-,20+,21?,23?;;;;/m0..../s1. The lowest BCUT2D eigenvalue weighted by Crippen LogP contribution is -2.48. The van der Waals surface area contributed by atoms with Crippen molar-refractivity contribution >= 4 is 17.6 Å². The molecule has 0 spiro atoms. The van der Waals surface area contributed by atoms with Gasteiger partial charge in [-0.2, -0.15) is 0 Å². The van der Waals surface area contributed by atoms with E-state index in [-0.39, 0.29) is 35.1 Å². The first-order chi connectivity index (χ1) is 25.2. The van der Waals surface area contributed by atoms with Crippen LogP contribution in [0.5, 0.6) is 0 Å². The Kier molecular flexibility index (Phi) is 29.6. The maximum Gasteiger partial charge on any atom is 0.287 e. The SMILES string of the molecule is C=C(N)NC(C(=C)NC[C@@H]1C[C@@H]1C(C)C(=O)NC(CC(C)CCC)C(=O)C(N)=O)C(C)(C)CC.CC.CC.CC.CC(CCc1ccccc1)C(C)(C)C. The molecule has 1 aromatic carbocycles. The summed E-state index contributed by atoms with van der Waals surface area (Å²) in [4.78, 5) is 36.7. The maximum atomic E-state index is 12.9. The van der Waals surface area contributed by atoms with Crippen molar-refractivity contribution in [3.8, 4) is 0 Å². The van der Waals surface area contributed by atoms with E-state index in [4.69, 9.17) is 11.5 Å². The number of Topliss-reactive ketones (excluding diaryl/α,β-unsaturated/α-hetero) is 1. The molecule has 1 aliphatic rings. The quantitative estimate of drug-likeness (QED) is 0.0840. The van der Waals surface area contributed by atoms with Gasteiger partial charge in [-0.1, -0.05) is 167 Å². The van der Waals surface area contributed by atoms with Crippen LogP contribution in [0.4, 0.5) is 0 Å². The number of hydrogen-bond acceptors (Lipinski definition) is 6. The van der Waals surface area contributed by atoms with Gasteiger partial charge in [-0.15, -0.1) is 0 Å². The summed E-state index contributed by atoms with van der Waals surface area (Å²) in [5.74, 6) is -0.299. The molecule has 54 heavy (non-hydrogen) atoms. The monoisotopic (exact) mass is 758 g/mol. The summed E-state index contributed by atoms with van der Waals surface area (Å²) in [7, 11) is 0. The van der Waals surface area contributed by atoms with Gasteiger partial charge in [0.25, 0.3) is 5.91 Å². The van der Waals surface area contributed by atoms with Crippen molar-refractivity contribution < 1.29 is 14.4 Å². The third kappa shape index (κ3) is 22.2. The number of aryl methyl sites for hydroxylation is 1. The van der Waals surface area contributed by atoms with E-state index in [1.807, 2.05) is 55.4 Å². The molecule has 1 saturated carbocycles. The van der Waals surface area contributed by atoms with E-state index in [1.165, 1.54) is 18.4 Å². The highest BCUT2D eigenvalue weighted by Gasteiger charge is 2.44. The first-order valence-electron chi connectivity index (χ1n) is 21.1. The predicted molar refractivity (Wildman–Crippen MR) is 234 cm³/mol. The zero-order chi connectivity index (χ0) is 42.8. The highest BCUT2D eigenvalue weighted by Crippen LogP contribution is 2.44. The molecule has 8 nitrogen and oxygen atoms in total. The Bertz CT molecular complexity index is 1190. The molecular formula is C46H87N5O3. The van der Waals surface area contributed by atoms with Crippen LogP contribution in [0.25, 0.3) is 0 Å². The smallest absolute Gasteiger partial charge is 0.287 e. The second kappa shape index (κ2) is 29.1. The molecule has 1 aromatic rings. The van der Waals surface area contributed by atoms with Crippen molar-refractivity contribution in [1.82, 2.24) is 16.0 Å². The molecule has 0 radical (unpaired) electrons. The van der Waals surface area contributed by atoms with E-state index in [2.05, 4.69) is 115 Å². The number of benzene rings is 1. The molecule has 1 aliphatic carbocycles. The molecule has 2 rings (SSSR count). The molecular weight excluding hydrogens is 671 g/mol. The minimum absolute atomic E-state index is 0.0700. The van der Waals surface area contributed by atoms with Gasteiger partial charge >= 0.3 is 0 Å². The number of nitrogens with one attached hydrogen (secondary N) is 3. The van der Waals surface area contributed by atoms with Gasteiger partial charge in [0, 0.05) is 18.2 Å². The van der Waals surface area contributed by atoms with E-state index in [0.717, 1.165) is 37.3 Å². The summed E-state index contributed by atoms with van der Waals surface area (Å²) in [6.07, 6.45) is 6.63. The lowest BCUT2D eigenvalue weighted by Gasteiger charge is -2.36. The number of rotatable bonds is 20. The molecule has 1 fully saturated rings. The van der Waals surface area contributed by atoms with Crippen molar-refractivity contribution in [3.05, 3.63) is 60.6 Å². The van der Waals surface area contributed by atoms with Crippen molar-refractivity contribution in [2.45, 2.75) is 168 Å². The first kappa shape index (κ1) is 55.1. The average molecular weight is 758 g/mol. The van der Waals surface area contributed by atoms with Gasteiger partial charge in [-0.05, 0) is 72.2 Å². The van der Waals surface area contributed by atoms with Crippen LogP contribution >= 0.6 is 0 Å². The molecule has 0 aliphatic heterocycles. The van der Waals surface area contributed by atoms with E-state index >= 15 is 0 Å². The van der Waals surface area contributed by atoms with Crippen molar-refractivity contribution in [2.75, 3.05) is 6.54 Å². The first-order valence-corrected chi connectivity index (χ1v) is 21.1. The average Bonchev–Trinajstić information content (AvgIpc) is 3.93. The summed E-state index contributed by atoms with van der Waals surface area (Å²) >= 11 is 0. The number of amides is 2. The second-order valence-electron chi connectivity index (χ2n) is 16.0. The van der Waals surface area contributed by atoms with Crippen LogP contribution < -0.4 is 27.4 Å². The summed E-state index contributed by atoms with van der Waals surface area (Å²) in [5.41, 5.74) is 13.7. The Labute approximate surface area is 333 Å². The Morgan fingerprint density at radius 3 is 1.83 bits per heavy atom. The molecule has 2 amide bonds. The van der Waals surface area contributed by atoms with Crippen molar-refractivity contribution in [2.24, 2.45) is 51.9 Å². The third-order valence-electron chi connectivity index (χ3n) is 10.5. The summed E-state index contributed by atoms with van der Waals surface area (Å²) in [6.45, 7) is 42.4. The summed E-state index contributed by atoms with van der Waals surface area (Å²) in [6, 6.07) is 9.82. The topological polar surface area (TPSA) is 139 Å². The Hall–Kier alpha value is -3.29. The molecule has 5 unspecified atom stereocenters. The zero-order valence-electron chi connectivity index (χ0n) is 37.9. The largest absolute Gasteiger partial charge is 0.387 e. The lowest BCUT2D eigenvalue weighted by atomic mass is 9.79. The number of carbonyl (C=O) groups excluding carboxylic acids is 3. The number of nitrogens with two attached hydrogens (primary N) is 2. The molecule has 7 atom stereocenters. The van der Waals surface area contributed by atoms with Crippen LogP contribution in [0, 0.1) is 40.4 Å². The van der Waals surface area contributed by atoms with E-state index in [9.17, 15) is 14.4 Å². The fourth-order valence-corrected chi connectivity index (χ4v) is 6.00. The normalized spacial score (nSPS) is 17.1. The van der Waals surface area contributed by atoms with Crippen molar-refractivity contribution in [1.29, 1.82) is 0 Å². The van der Waals surface area contributed by atoms with E-state index in [1.54, 1.807) is 0 Å². The van der Waals surface area contributed by atoms with E-state index in [0.29, 0.717) is 30.1 Å². The van der Waals surface area contributed by atoms with Gasteiger partial charge < -0.3 is 27.4 Å². The number of hydrogen-bond donors (Lipinski definition) is 5. The fourth-order valence-electron chi connectivity index (χ4n) is 6.00. The van der Waals surface area contributed by atoms with Crippen LogP contribution in [0.3, 0.4) is 0 Å². The van der Waals surface area contributed by atoms with Gasteiger partial charge in [0.1, 0.15) is 0 Å². The van der Waals surface area contributed by atoms with Gasteiger partial charge in [-0.25, -0.2) is 0 Å². The van der Waals surface area contributed by atoms with Gasteiger partial charge in [0.15, 0.2) is 0 Å². The Morgan fingerprint density at radius 1 is 0.852 bits per heavy atom. The summed E-state index contributed by atoms with van der Waals surface area (Å²) < 4.78 is 0.